The summed E-state index contributed by atoms with van der Waals surface area (Å²) in [4.78, 5) is 2.40. The third-order valence-corrected chi connectivity index (χ3v) is 3.61. The summed E-state index contributed by atoms with van der Waals surface area (Å²) in [7, 11) is 2.19. The highest BCUT2D eigenvalue weighted by molar-refractivity contribution is 5.51. The number of anilines is 1. The van der Waals surface area contributed by atoms with E-state index in [4.69, 9.17) is 5.73 Å². The first-order valence-electron chi connectivity index (χ1n) is 6.13. The van der Waals surface area contributed by atoms with Gasteiger partial charge >= 0.3 is 0 Å². The largest absolute Gasteiger partial charge is 0.372 e. The molecule has 2 atom stereocenters. The minimum atomic E-state index is 0.401. The molecule has 0 aliphatic heterocycles. The van der Waals surface area contributed by atoms with Gasteiger partial charge in [0.1, 0.15) is 0 Å². The molecule has 2 unspecified atom stereocenters. The van der Waals surface area contributed by atoms with Crippen molar-refractivity contribution in [1.29, 1.82) is 0 Å². The monoisotopic (exact) mass is 218 g/mol. The van der Waals surface area contributed by atoms with E-state index in [0.717, 1.165) is 6.42 Å². The van der Waals surface area contributed by atoms with E-state index < -0.39 is 0 Å². The standard InChI is InChI=1S/C14H22N2/c1-10-6-11(2)8-14(7-10)16(3)13-5-4-12(15)9-13/h6-8,12-13H,4-5,9,15H2,1-3H3. The van der Waals surface area contributed by atoms with E-state index in [1.54, 1.807) is 0 Å². The van der Waals surface area contributed by atoms with Gasteiger partial charge in [0.25, 0.3) is 0 Å². The molecular weight excluding hydrogens is 196 g/mol. The van der Waals surface area contributed by atoms with Crippen molar-refractivity contribution < 1.29 is 0 Å². The Morgan fingerprint density at radius 2 is 1.75 bits per heavy atom. The summed E-state index contributed by atoms with van der Waals surface area (Å²) in [5.74, 6) is 0. The molecule has 2 N–H and O–H groups in total. The maximum Gasteiger partial charge on any atom is 0.0371 e. The van der Waals surface area contributed by atoms with Gasteiger partial charge < -0.3 is 10.6 Å². The number of nitrogens with two attached hydrogens (primary N) is 1. The van der Waals surface area contributed by atoms with Crippen LogP contribution in [0.4, 0.5) is 5.69 Å². The highest BCUT2D eigenvalue weighted by Crippen LogP contribution is 2.27. The Balaban J connectivity index is 2.17. The lowest BCUT2D eigenvalue weighted by atomic mass is 10.1. The summed E-state index contributed by atoms with van der Waals surface area (Å²) in [5.41, 5.74) is 9.98. The third-order valence-electron chi connectivity index (χ3n) is 3.61. The molecule has 0 spiro atoms. The minimum absolute atomic E-state index is 0.401. The summed E-state index contributed by atoms with van der Waals surface area (Å²) < 4.78 is 0. The van der Waals surface area contributed by atoms with Crippen LogP contribution in [-0.2, 0) is 0 Å². The van der Waals surface area contributed by atoms with Crippen LogP contribution < -0.4 is 10.6 Å². The van der Waals surface area contributed by atoms with Crippen LogP contribution in [0.3, 0.4) is 0 Å². The molecule has 0 amide bonds. The molecule has 1 aliphatic carbocycles. The van der Waals surface area contributed by atoms with Crippen LogP contribution in [0.1, 0.15) is 30.4 Å². The van der Waals surface area contributed by atoms with Gasteiger partial charge in [-0.2, -0.15) is 0 Å². The van der Waals surface area contributed by atoms with Crippen LogP contribution in [0, 0.1) is 13.8 Å². The van der Waals surface area contributed by atoms with Crippen molar-refractivity contribution in [1.82, 2.24) is 0 Å². The second-order valence-corrected chi connectivity index (χ2v) is 5.18. The lowest BCUT2D eigenvalue weighted by molar-refractivity contribution is 0.632. The van der Waals surface area contributed by atoms with Gasteiger partial charge in [-0.05, 0) is 56.4 Å². The first-order chi connectivity index (χ1) is 7.56. The summed E-state index contributed by atoms with van der Waals surface area (Å²) >= 11 is 0. The Labute approximate surface area is 98.4 Å². The maximum absolute atomic E-state index is 5.97. The average Bonchev–Trinajstić information content (AvgIpc) is 2.62. The van der Waals surface area contributed by atoms with E-state index >= 15 is 0 Å². The van der Waals surface area contributed by atoms with Crippen LogP contribution in [0.15, 0.2) is 18.2 Å². The van der Waals surface area contributed by atoms with E-state index in [1.165, 1.54) is 29.7 Å². The van der Waals surface area contributed by atoms with Gasteiger partial charge in [0.05, 0.1) is 0 Å². The fourth-order valence-corrected chi connectivity index (χ4v) is 2.71. The van der Waals surface area contributed by atoms with Gasteiger partial charge in [0.15, 0.2) is 0 Å². The molecule has 16 heavy (non-hydrogen) atoms. The molecule has 0 radical (unpaired) electrons. The Morgan fingerprint density at radius 3 is 2.25 bits per heavy atom. The Bertz CT molecular complexity index is 353. The first kappa shape index (κ1) is 11.5. The minimum Gasteiger partial charge on any atom is -0.372 e. The third kappa shape index (κ3) is 2.38. The van der Waals surface area contributed by atoms with Crippen molar-refractivity contribution in [3.63, 3.8) is 0 Å². The molecule has 88 valence electrons. The van der Waals surface area contributed by atoms with Crippen molar-refractivity contribution >= 4 is 5.69 Å². The summed E-state index contributed by atoms with van der Waals surface area (Å²) in [6.45, 7) is 4.31. The summed E-state index contributed by atoms with van der Waals surface area (Å²) in [6.07, 6.45) is 3.52. The van der Waals surface area contributed by atoms with Gasteiger partial charge in [-0.15, -0.1) is 0 Å². The van der Waals surface area contributed by atoms with Gasteiger partial charge in [0, 0.05) is 24.8 Å². The van der Waals surface area contributed by atoms with Crippen molar-refractivity contribution in [2.24, 2.45) is 5.73 Å². The van der Waals surface area contributed by atoms with Crippen molar-refractivity contribution in [3.8, 4) is 0 Å². The molecule has 1 saturated carbocycles. The molecule has 2 rings (SSSR count). The van der Waals surface area contributed by atoms with E-state index in [-0.39, 0.29) is 0 Å². The zero-order chi connectivity index (χ0) is 11.7. The van der Waals surface area contributed by atoms with Gasteiger partial charge in [0.2, 0.25) is 0 Å². The SMILES string of the molecule is Cc1cc(C)cc(N(C)C2CCC(N)C2)c1. The number of hydrogen-bond acceptors (Lipinski definition) is 2. The molecule has 0 aromatic heterocycles. The predicted octanol–water partition coefficient (Wildman–Crippen LogP) is 2.62. The summed E-state index contributed by atoms with van der Waals surface area (Å²) in [6, 6.07) is 7.76. The predicted molar refractivity (Wildman–Crippen MR) is 69.9 cm³/mol. The smallest absolute Gasteiger partial charge is 0.0371 e. The normalized spacial score (nSPS) is 24.8. The van der Waals surface area contributed by atoms with Crippen molar-refractivity contribution in [3.05, 3.63) is 29.3 Å². The topological polar surface area (TPSA) is 29.3 Å². The highest BCUT2D eigenvalue weighted by atomic mass is 15.1. The van der Waals surface area contributed by atoms with Gasteiger partial charge in [-0.25, -0.2) is 0 Å². The fourth-order valence-electron chi connectivity index (χ4n) is 2.71. The molecule has 1 fully saturated rings. The lowest BCUT2D eigenvalue weighted by Crippen LogP contribution is -2.30. The van der Waals surface area contributed by atoms with Crippen LogP contribution in [0.5, 0.6) is 0 Å². The Hall–Kier alpha value is -1.02. The molecule has 1 aromatic carbocycles. The van der Waals surface area contributed by atoms with Crippen molar-refractivity contribution in [2.75, 3.05) is 11.9 Å². The van der Waals surface area contributed by atoms with E-state index in [9.17, 15) is 0 Å². The molecule has 2 nitrogen and oxygen atoms in total. The lowest BCUT2D eigenvalue weighted by Gasteiger charge is -2.27. The maximum atomic E-state index is 5.97. The number of rotatable bonds is 2. The molecule has 1 aliphatic rings. The zero-order valence-corrected chi connectivity index (χ0v) is 10.5. The number of nitrogens with zero attached hydrogens (tertiary/aromatic N) is 1. The molecule has 0 saturated heterocycles. The van der Waals surface area contributed by atoms with E-state index in [2.05, 4.69) is 44.0 Å². The number of benzene rings is 1. The van der Waals surface area contributed by atoms with Gasteiger partial charge in [-0.3, -0.25) is 0 Å². The molecule has 0 bridgehead atoms. The molecular formula is C14H22N2. The van der Waals surface area contributed by atoms with Crippen molar-refractivity contribution in [2.45, 2.75) is 45.2 Å². The first-order valence-corrected chi connectivity index (χ1v) is 6.13. The second kappa shape index (κ2) is 4.46. The van der Waals surface area contributed by atoms with Crippen LogP contribution in [-0.4, -0.2) is 19.1 Å². The Kier molecular flexibility index (Phi) is 3.20. The van der Waals surface area contributed by atoms with E-state index in [0.29, 0.717) is 12.1 Å². The van der Waals surface area contributed by atoms with Gasteiger partial charge in [-0.1, -0.05) is 6.07 Å². The fraction of sp³-hybridized carbons (Fsp3) is 0.571. The average molecular weight is 218 g/mol. The van der Waals surface area contributed by atoms with E-state index in [1.807, 2.05) is 0 Å². The number of hydrogen-bond donors (Lipinski definition) is 1. The molecule has 1 aromatic rings. The number of aryl methyl sites for hydroxylation is 2. The zero-order valence-electron chi connectivity index (χ0n) is 10.5. The van der Waals surface area contributed by atoms with Crippen LogP contribution in [0.25, 0.3) is 0 Å². The quantitative estimate of drug-likeness (QED) is 0.827. The summed E-state index contributed by atoms with van der Waals surface area (Å²) in [5, 5.41) is 0. The molecule has 0 heterocycles. The highest BCUT2D eigenvalue weighted by Gasteiger charge is 2.25. The second-order valence-electron chi connectivity index (χ2n) is 5.18. The van der Waals surface area contributed by atoms with Crippen LogP contribution in [0.2, 0.25) is 0 Å². The van der Waals surface area contributed by atoms with Crippen LogP contribution >= 0.6 is 0 Å². The Morgan fingerprint density at radius 1 is 1.12 bits per heavy atom. The molecule has 2 heteroatoms.